The standard InChI is InChI=1S/C12H14N4/c1-2-11(15-6-4-13-9-15)8-12(3-1)16-7-5-14-10-16/h1-3,8-10H,4-7H2. The van der Waals surface area contributed by atoms with Crippen LogP contribution in [0.5, 0.6) is 0 Å². The second-order valence-electron chi connectivity index (χ2n) is 3.95. The first kappa shape index (κ1) is 9.39. The summed E-state index contributed by atoms with van der Waals surface area (Å²) in [6, 6.07) is 8.51. The van der Waals surface area contributed by atoms with Gasteiger partial charge in [-0.15, -0.1) is 0 Å². The molecule has 16 heavy (non-hydrogen) atoms. The van der Waals surface area contributed by atoms with E-state index in [1.807, 2.05) is 12.7 Å². The molecule has 0 amide bonds. The summed E-state index contributed by atoms with van der Waals surface area (Å²) in [5, 5.41) is 0. The monoisotopic (exact) mass is 214 g/mol. The van der Waals surface area contributed by atoms with Gasteiger partial charge < -0.3 is 9.80 Å². The van der Waals surface area contributed by atoms with E-state index >= 15 is 0 Å². The van der Waals surface area contributed by atoms with Gasteiger partial charge in [0, 0.05) is 24.5 Å². The number of hydrogen-bond acceptors (Lipinski definition) is 4. The van der Waals surface area contributed by atoms with Crippen molar-refractivity contribution in [1.29, 1.82) is 0 Å². The van der Waals surface area contributed by atoms with Gasteiger partial charge in [0.2, 0.25) is 0 Å². The van der Waals surface area contributed by atoms with Crippen molar-refractivity contribution in [2.75, 3.05) is 36.0 Å². The van der Waals surface area contributed by atoms with Gasteiger partial charge >= 0.3 is 0 Å². The fraction of sp³-hybridized carbons (Fsp3) is 0.333. The van der Waals surface area contributed by atoms with Crippen LogP contribution in [-0.2, 0) is 0 Å². The van der Waals surface area contributed by atoms with E-state index in [0.29, 0.717) is 0 Å². The van der Waals surface area contributed by atoms with Crippen LogP contribution in [0.1, 0.15) is 0 Å². The molecule has 82 valence electrons. The minimum atomic E-state index is 0.898. The topological polar surface area (TPSA) is 31.2 Å². The predicted octanol–water partition coefficient (Wildman–Crippen LogP) is 1.38. The predicted molar refractivity (Wildman–Crippen MR) is 67.9 cm³/mol. The Morgan fingerprint density at radius 1 is 0.875 bits per heavy atom. The van der Waals surface area contributed by atoms with Gasteiger partial charge in [0.1, 0.15) is 0 Å². The molecule has 4 heteroatoms. The molecule has 0 atom stereocenters. The normalized spacial score (nSPS) is 18.8. The summed E-state index contributed by atoms with van der Waals surface area (Å²) in [5.74, 6) is 0. The highest BCUT2D eigenvalue weighted by Crippen LogP contribution is 2.22. The lowest BCUT2D eigenvalue weighted by Crippen LogP contribution is -2.21. The number of anilines is 2. The lowest BCUT2D eigenvalue weighted by molar-refractivity contribution is 1.01. The van der Waals surface area contributed by atoms with Crippen molar-refractivity contribution < 1.29 is 0 Å². The van der Waals surface area contributed by atoms with Gasteiger partial charge in [-0.3, -0.25) is 9.98 Å². The van der Waals surface area contributed by atoms with Crippen molar-refractivity contribution in [2.24, 2.45) is 9.98 Å². The van der Waals surface area contributed by atoms with Gasteiger partial charge in [0.25, 0.3) is 0 Å². The summed E-state index contributed by atoms with van der Waals surface area (Å²) < 4.78 is 0. The highest BCUT2D eigenvalue weighted by molar-refractivity contribution is 5.86. The average molecular weight is 214 g/mol. The molecule has 0 saturated heterocycles. The molecule has 0 bridgehead atoms. The first-order chi connectivity index (χ1) is 7.93. The largest absolute Gasteiger partial charge is 0.331 e. The van der Waals surface area contributed by atoms with Crippen molar-refractivity contribution in [3.8, 4) is 0 Å². The van der Waals surface area contributed by atoms with Crippen molar-refractivity contribution in [3.05, 3.63) is 24.3 Å². The van der Waals surface area contributed by atoms with E-state index < -0.39 is 0 Å². The van der Waals surface area contributed by atoms with E-state index in [-0.39, 0.29) is 0 Å². The van der Waals surface area contributed by atoms with Gasteiger partial charge in [-0.05, 0) is 18.2 Å². The van der Waals surface area contributed by atoms with Crippen molar-refractivity contribution in [1.82, 2.24) is 0 Å². The molecule has 0 aromatic heterocycles. The quantitative estimate of drug-likeness (QED) is 0.744. The molecular formula is C12H14N4. The van der Waals surface area contributed by atoms with Crippen LogP contribution in [0, 0.1) is 0 Å². The maximum absolute atomic E-state index is 4.23. The minimum Gasteiger partial charge on any atom is -0.331 e. The van der Waals surface area contributed by atoms with E-state index in [4.69, 9.17) is 0 Å². The molecule has 0 saturated carbocycles. The van der Waals surface area contributed by atoms with Crippen molar-refractivity contribution in [3.63, 3.8) is 0 Å². The summed E-state index contributed by atoms with van der Waals surface area (Å²) in [5.41, 5.74) is 2.41. The Bertz CT molecular complexity index is 401. The molecule has 0 unspecified atom stereocenters. The fourth-order valence-electron chi connectivity index (χ4n) is 2.00. The molecule has 2 heterocycles. The zero-order valence-corrected chi connectivity index (χ0v) is 9.08. The smallest absolute Gasteiger partial charge is 0.0895 e. The second kappa shape index (κ2) is 3.96. The maximum atomic E-state index is 4.23. The zero-order valence-electron chi connectivity index (χ0n) is 9.08. The Morgan fingerprint density at radius 2 is 1.44 bits per heavy atom. The first-order valence-corrected chi connectivity index (χ1v) is 5.57. The molecule has 0 fully saturated rings. The number of benzene rings is 1. The highest BCUT2D eigenvalue weighted by atomic mass is 15.2. The molecule has 1 aromatic rings. The maximum Gasteiger partial charge on any atom is 0.0895 e. The Labute approximate surface area is 94.9 Å². The van der Waals surface area contributed by atoms with E-state index in [1.165, 1.54) is 11.4 Å². The molecule has 4 nitrogen and oxygen atoms in total. The number of aliphatic imine (C=N–C) groups is 2. The van der Waals surface area contributed by atoms with E-state index in [9.17, 15) is 0 Å². The lowest BCUT2D eigenvalue weighted by Gasteiger charge is -2.18. The fourth-order valence-corrected chi connectivity index (χ4v) is 2.00. The average Bonchev–Trinajstić information content (AvgIpc) is 3.03. The zero-order chi connectivity index (χ0) is 10.8. The lowest BCUT2D eigenvalue weighted by atomic mass is 10.2. The third-order valence-electron chi connectivity index (χ3n) is 2.88. The number of rotatable bonds is 2. The second-order valence-corrected chi connectivity index (χ2v) is 3.95. The molecule has 3 rings (SSSR count). The minimum absolute atomic E-state index is 0.898. The number of hydrogen-bond donors (Lipinski definition) is 0. The van der Waals surface area contributed by atoms with Gasteiger partial charge in [-0.25, -0.2) is 0 Å². The van der Waals surface area contributed by atoms with Crippen LogP contribution >= 0.6 is 0 Å². The number of nitrogens with zero attached hydrogens (tertiary/aromatic N) is 4. The molecule has 0 aliphatic carbocycles. The molecule has 0 radical (unpaired) electrons. The summed E-state index contributed by atoms with van der Waals surface area (Å²) >= 11 is 0. The molecule has 1 aromatic carbocycles. The molecular weight excluding hydrogens is 200 g/mol. The Hall–Kier alpha value is -1.84. The van der Waals surface area contributed by atoms with Crippen LogP contribution in [0.15, 0.2) is 34.3 Å². The van der Waals surface area contributed by atoms with E-state index in [0.717, 1.165) is 26.2 Å². The van der Waals surface area contributed by atoms with Crippen LogP contribution in [0.25, 0.3) is 0 Å². The van der Waals surface area contributed by atoms with Crippen LogP contribution in [0.2, 0.25) is 0 Å². The van der Waals surface area contributed by atoms with Crippen LogP contribution < -0.4 is 9.80 Å². The van der Waals surface area contributed by atoms with Crippen LogP contribution in [-0.4, -0.2) is 38.9 Å². The molecule has 2 aliphatic rings. The highest BCUT2D eigenvalue weighted by Gasteiger charge is 2.12. The van der Waals surface area contributed by atoms with Gasteiger partial charge in [-0.1, -0.05) is 6.07 Å². The van der Waals surface area contributed by atoms with E-state index in [1.54, 1.807) is 0 Å². The van der Waals surface area contributed by atoms with Gasteiger partial charge in [0.15, 0.2) is 0 Å². The van der Waals surface area contributed by atoms with Gasteiger partial charge in [0.05, 0.1) is 25.8 Å². The molecule has 0 spiro atoms. The van der Waals surface area contributed by atoms with Crippen LogP contribution in [0.3, 0.4) is 0 Å². The Morgan fingerprint density at radius 3 is 1.88 bits per heavy atom. The van der Waals surface area contributed by atoms with Crippen molar-refractivity contribution in [2.45, 2.75) is 0 Å². The van der Waals surface area contributed by atoms with Gasteiger partial charge in [-0.2, -0.15) is 0 Å². The van der Waals surface area contributed by atoms with Crippen molar-refractivity contribution >= 4 is 24.1 Å². The van der Waals surface area contributed by atoms with E-state index in [2.05, 4.69) is 44.1 Å². The Kier molecular flexibility index (Phi) is 2.33. The van der Waals surface area contributed by atoms with Crippen LogP contribution in [0.4, 0.5) is 11.4 Å². The third kappa shape index (κ3) is 1.66. The summed E-state index contributed by atoms with van der Waals surface area (Å²) in [7, 11) is 0. The summed E-state index contributed by atoms with van der Waals surface area (Å²) in [6.45, 7) is 3.76. The SMILES string of the molecule is C1=NCCN1c1cccc(N2C=NCC2)c1. The Balaban J connectivity index is 1.87. The molecule has 0 N–H and O–H groups in total. The third-order valence-corrected chi connectivity index (χ3v) is 2.88. The molecule has 2 aliphatic heterocycles. The first-order valence-electron chi connectivity index (χ1n) is 5.57. The summed E-state index contributed by atoms with van der Waals surface area (Å²) in [6.07, 6.45) is 3.83. The summed E-state index contributed by atoms with van der Waals surface area (Å²) in [4.78, 5) is 12.8.